The van der Waals surface area contributed by atoms with Crippen LogP contribution in [-0.2, 0) is 45.0 Å². The first-order valence-electron chi connectivity index (χ1n) is 29.6. The van der Waals surface area contributed by atoms with Crippen LogP contribution in [0.2, 0.25) is 15.1 Å². The molecule has 3 fully saturated rings. The second-order valence-electron chi connectivity index (χ2n) is 22.7. The number of carbonyl (C=O) groups excluding carboxylic acids is 3. The quantitative estimate of drug-likeness (QED) is 0.0502. The molecule has 552 valence electrons. The molecule has 3 aliphatic rings. The smallest absolute Gasteiger partial charge is 0.280 e. The lowest BCUT2D eigenvalue weighted by Crippen LogP contribution is -2.55. The Morgan fingerprint density at radius 3 is 0.867 bits per heavy atom. The summed E-state index contributed by atoms with van der Waals surface area (Å²) in [5.74, 6) is -5.61. The zero-order valence-electron chi connectivity index (χ0n) is 52.7. The molecule has 6 heterocycles. The minimum absolute atomic E-state index is 0. The molecule has 21 nitrogen and oxygen atoms in total. The third-order valence-corrected chi connectivity index (χ3v) is 25.1. The molecule has 0 aliphatic carbocycles. The van der Waals surface area contributed by atoms with Crippen LogP contribution in [0.4, 0.5) is 60.5 Å². The maximum atomic E-state index is 14.0. The Labute approximate surface area is 630 Å². The molecule has 9 aromatic rings. The van der Waals surface area contributed by atoms with Gasteiger partial charge in [-0.25, -0.2) is 40.9 Å². The van der Waals surface area contributed by atoms with Crippen LogP contribution in [0.25, 0.3) is 47.9 Å². The van der Waals surface area contributed by atoms with Gasteiger partial charge in [0.2, 0.25) is 34.8 Å². The van der Waals surface area contributed by atoms with E-state index in [4.69, 9.17) is 54.5 Å². The van der Waals surface area contributed by atoms with E-state index < -0.39 is 120 Å². The maximum absolute atomic E-state index is 14.0. The fourth-order valence-corrected chi connectivity index (χ4v) is 18.2. The van der Waals surface area contributed by atoms with E-state index >= 15 is 0 Å². The molecule has 12 rings (SSSR count). The second kappa shape index (κ2) is 34.7. The van der Waals surface area contributed by atoms with Crippen molar-refractivity contribution in [3.63, 3.8) is 0 Å². The van der Waals surface area contributed by atoms with Gasteiger partial charge in [0.05, 0.1) is 52.9 Å². The molecule has 0 saturated carbocycles. The summed E-state index contributed by atoms with van der Waals surface area (Å²) in [5, 5.41) is 12.5. The molecule has 0 spiro atoms. The van der Waals surface area contributed by atoms with Crippen molar-refractivity contribution in [2.24, 2.45) is 0 Å². The molecular formula is C69H63Cl3F6N12O9S6. The lowest BCUT2D eigenvalue weighted by molar-refractivity contribution is -0.120. The van der Waals surface area contributed by atoms with Crippen LogP contribution in [0, 0.1) is 54.6 Å². The molecule has 6 N–H and O–H groups in total. The highest BCUT2D eigenvalue weighted by atomic mass is 35.5. The number of nitrogens with zero attached hydrogens (tertiary/aromatic N) is 6. The van der Waals surface area contributed by atoms with Crippen LogP contribution in [0.3, 0.4) is 0 Å². The van der Waals surface area contributed by atoms with Gasteiger partial charge in [0, 0.05) is 52.8 Å². The highest BCUT2D eigenvalue weighted by molar-refractivity contribution is 7.87. The number of rotatable bonds is 12. The molecule has 6 aromatic carbocycles. The Balaban J connectivity index is 0.000000217. The van der Waals surface area contributed by atoms with Crippen molar-refractivity contribution in [2.75, 3.05) is 37.1 Å². The normalized spacial score (nSPS) is 19.4. The standard InChI is InChI=1S/3C22H17ClF2N4O3S2.3CH4/c3*1-26-18-6-3-12(7-17(18)25)13-8-21(33-11-13)19-10-20(29(2)34(31,32)28-19)22(30)27-14-4-5-16(24)15(23)9-14;;;/h3*3-9,11,19-20,28H,10H2,2H3,(H,27,30);3*1H4/t2*19-,20+;;;;/m10..../s1. The minimum atomic E-state index is -3.98. The van der Waals surface area contributed by atoms with Crippen LogP contribution in [0.5, 0.6) is 0 Å². The number of halogens is 9. The SMILES string of the molecule is C.C.C.[C-]#[N+]c1ccc(-c2csc(C3CC(C(=O)Nc4ccc(F)c(Cl)c4)N(C)S(=O)(=O)N3)c2)cc1F.[C-]#[N+]c1ccc(-c2csc([C@@H]3C[C@H](C(=O)Nc4ccc(F)c(Cl)c4)N(C)S(=O)(=O)N3)c2)cc1F.[C-]#[N+]c1ccc(-c2csc([C@H]3C[C@@H](C(=O)Nc4ccc(F)c(Cl)c4)N(C)S(=O)(=O)N3)c2)cc1F. The first kappa shape index (κ1) is 83.6. The van der Waals surface area contributed by atoms with Crippen molar-refractivity contribution in [3.8, 4) is 33.4 Å². The summed E-state index contributed by atoms with van der Waals surface area (Å²) in [5.41, 5.74) is 4.08. The number of likely N-dealkylation sites (N-methyl/N-ethyl adjacent to an activating group) is 3. The van der Waals surface area contributed by atoms with Crippen LogP contribution in [0.1, 0.15) is 74.3 Å². The van der Waals surface area contributed by atoms with Crippen molar-refractivity contribution in [3.05, 3.63) is 242 Å². The fraction of sp³-hybridized carbons (Fsp3) is 0.217. The topological polar surface area (TPSA) is 249 Å². The maximum Gasteiger partial charge on any atom is 0.280 e. The van der Waals surface area contributed by atoms with Gasteiger partial charge in [-0.05, 0) is 160 Å². The Morgan fingerprint density at radius 1 is 0.400 bits per heavy atom. The van der Waals surface area contributed by atoms with Crippen molar-refractivity contribution in [2.45, 2.75) is 77.8 Å². The molecule has 6 atom stereocenters. The number of carbonyl (C=O) groups is 3. The lowest BCUT2D eigenvalue weighted by atomic mass is 10.0. The summed E-state index contributed by atoms with van der Waals surface area (Å²) < 4.78 is 169. The number of benzene rings is 6. The molecule has 105 heavy (non-hydrogen) atoms. The highest BCUT2D eigenvalue weighted by Crippen LogP contribution is 2.41. The fourth-order valence-electron chi connectivity index (χ4n) is 10.7. The first-order chi connectivity index (χ1) is 48.3. The van der Waals surface area contributed by atoms with Gasteiger partial charge in [0.25, 0.3) is 30.6 Å². The molecule has 0 radical (unpaired) electrons. The van der Waals surface area contributed by atoms with Gasteiger partial charge in [0.1, 0.15) is 53.0 Å². The Kier molecular flexibility index (Phi) is 27.7. The zero-order valence-corrected chi connectivity index (χ0v) is 59.8. The van der Waals surface area contributed by atoms with E-state index in [1.165, 1.54) is 128 Å². The van der Waals surface area contributed by atoms with Crippen molar-refractivity contribution in [1.82, 2.24) is 27.1 Å². The minimum Gasteiger partial charge on any atom is -0.325 e. The molecule has 2 unspecified atom stereocenters. The predicted octanol–water partition coefficient (Wildman–Crippen LogP) is 17.3. The Morgan fingerprint density at radius 2 is 0.648 bits per heavy atom. The third-order valence-electron chi connectivity index (χ3n) is 16.3. The van der Waals surface area contributed by atoms with E-state index in [1.807, 2.05) is 0 Å². The van der Waals surface area contributed by atoms with Crippen LogP contribution >= 0.6 is 68.8 Å². The van der Waals surface area contributed by atoms with Crippen molar-refractivity contribution < 1.29 is 66.0 Å². The zero-order chi connectivity index (χ0) is 73.9. The summed E-state index contributed by atoms with van der Waals surface area (Å²) in [6, 6.07) is 23.7. The average Bonchev–Trinajstić information content (AvgIpc) is 1.76. The molecule has 36 heteroatoms. The Hall–Kier alpha value is -8.64. The number of thiophene rings is 3. The van der Waals surface area contributed by atoms with Gasteiger partial charge < -0.3 is 16.0 Å². The van der Waals surface area contributed by atoms with E-state index in [0.29, 0.717) is 48.0 Å². The van der Waals surface area contributed by atoms with Gasteiger partial charge in [-0.3, -0.25) is 14.4 Å². The second-order valence-corrected chi connectivity index (χ2v) is 32.1. The monoisotopic (exact) mass is 1610 g/mol. The van der Waals surface area contributed by atoms with Crippen molar-refractivity contribution in [1.29, 1.82) is 0 Å². The average molecular weight is 1620 g/mol. The van der Waals surface area contributed by atoms with Gasteiger partial charge >= 0.3 is 0 Å². The van der Waals surface area contributed by atoms with Gasteiger partial charge in [0.15, 0.2) is 0 Å². The molecule has 0 bridgehead atoms. The summed E-state index contributed by atoms with van der Waals surface area (Å²) >= 11 is 21.1. The third kappa shape index (κ3) is 19.3. The van der Waals surface area contributed by atoms with Gasteiger partial charge in [-0.15, -0.1) is 34.0 Å². The molecule has 3 aliphatic heterocycles. The van der Waals surface area contributed by atoms with Crippen LogP contribution in [-0.4, -0.2) is 95.2 Å². The molecule has 3 saturated heterocycles. The number of nitrogens with one attached hydrogen (secondary N) is 6. The lowest BCUT2D eigenvalue weighted by Gasteiger charge is -2.35. The van der Waals surface area contributed by atoms with Crippen LogP contribution < -0.4 is 30.1 Å². The largest absolute Gasteiger partial charge is 0.325 e. The summed E-state index contributed by atoms with van der Waals surface area (Å²) in [6.07, 6.45) is 0.379. The van der Waals surface area contributed by atoms with Crippen molar-refractivity contribution >= 4 is 151 Å². The first-order valence-corrected chi connectivity index (χ1v) is 37.7. The number of hydrogen-bond acceptors (Lipinski definition) is 12. The van der Waals surface area contributed by atoms with Crippen LogP contribution in [0.15, 0.2) is 144 Å². The number of amides is 3. The molecule has 3 aromatic heterocycles. The Bertz CT molecular complexity index is 4780. The molecule has 3 amide bonds. The van der Waals surface area contributed by atoms with E-state index in [9.17, 15) is 66.0 Å². The van der Waals surface area contributed by atoms with E-state index in [0.717, 1.165) is 31.1 Å². The summed E-state index contributed by atoms with van der Waals surface area (Å²) in [6.45, 7) is 20.9. The summed E-state index contributed by atoms with van der Waals surface area (Å²) in [7, 11) is -8.06. The number of hydrogen-bond donors (Lipinski definition) is 6. The number of anilines is 3. The highest BCUT2D eigenvalue weighted by Gasteiger charge is 2.44. The van der Waals surface area contributed by atoms with E-state index in [1.54, 1.807) is 52.5 Å². The van der Waals surface area contributed by atoms with E-state index in [2.05, 4.69) is 44.7 Å². The van der Waals surface area contributed by atoms with E-state index in [-0.39, 0.29) is 90.7 Å². The van der Waals surface area contributed by atoms with Gasteiger partial charge in [-0.2, -0.15) is 52.3 Å². The predicted molar refractivity (Wildman–Crippen MR) is 401 cm³/mol. The summed E-state index contributed by atoms with van der Waals surface area (Å²) in [4.78, 5) is 50.0. The van der Waals surface area contributed by atoms with Gasteiger partial charge in [-0.1, -0.05) is 93.5 Å². The molecular weight excluding hydrogens is 1550 g/mol.